The van der Waals surface area contributed by atoms with Crippen LogP contribution < -0.4 is 0 Å². The van der Waals surface area contributed by atoms with Crippen molar-refractivity contribution in [2.75, 3.05) is 0 Å². The van der Waals surface area contributed by atoms with E-state index >= 15 is 0 Å². The maximum absolute atomic E-state index is 12.7. The van der Waals surface area contributed by atoms with Gasteiger partial charge in [-0.3, -0.25) is 4.79 Å². The van der Waals surface area contributed by atoms with Gasteiger partial charge in [-0.1, -0.05) is 12.5 Å². The van der Waals surface area contributed by atoms with Gasteiger partial charge in [0.15, 0.2) is 0 Å². The topological polar surface area (TPSA) is 46.5 Å². The highest BCUT2D eigenvalue weighted by Crippen LogP contribution is 2.62. The van der Waals surface area contributed by atoms with Crippen LogP contribution in [0.15, 0.2) is 24.7 Å². The maximum Gasteiger partial charge on any atom is 0.487 e. The molecule has 3 fully saturated rings. The lowest BCUT2D eigenvalue weighted by atomic mass is 9.50. The summed E-state index contributed by atoms with van der Waals surface area (Å²) in [5, 5.41) is 10.1. The summed E-state index contributed by atoms with van der Waals surface area (Å²) in [5.41, 5.74) is -0.232. The summed E-state index contributed by atoms with van der Waals surface area (Å²) in [7, 11) is -0.904. The zero-order valence-corrected chi connectivity index (χ0v) is 11.4. The SMILES string of the molecule is C=CC[C@@]12CCCC3C(=C)B(O)O[C@]31CCCC2=O. The molecule has 0 aromatic rings. The second-order valence-corrected chi connectivity index (χ2v) is 6.23. The van der Waals surface area contributed by atoms with Crippen molar-refractivity contribution in [1.29, 1.82) is 0 Å². The van der Waals surface area contributed by atoms with Crippen LogP contribution in [0, 0.1) is 11.3 Å². The summed E-state index contributed by atoms with van der Waals surface area (Å²) in [4.78, 5) is 12.7. The maximum atomic E-state index is 12.7. The number of Topliss-reactive ketones (excluding diaryl/α,β-unsaturated/α-hetero) is 1. The highest BCUT2D eigenvalue weighted by atomic mass is 16.5. The number of hydrogen-bond acceptors (Lipinski definition) is 3. The Bertz CT molecular complexity index is 447. The van der Waals surface area contributed by atoms with Gasteiger partial charge in [0.05, 0.1) is 11.0 Å². The van der Waals surface area contributed by atoms with Crippen LogP contribution in [0.5, 0.6) is 0 Å². The van der Waals surface area contributed by atoms with E-state index in [0.29, 0.717) is 18.6 Å². The molecule has 1 heterocycles. The molecule has 1 N–H and O–H groups in total. The van der Waals surface area contributed by atoms with Crippen LogP contribution in [-0.2, 0) is 9.45 Å². The molecule has 0 bridgehead atoms. The fraction of sp³-hybridized carbons (Fsp3) is 0.667. The van der Waals surface area contributed by atoms with Gasteiger partial charge >= 0.3 is 7.12 Å². The Morgan fingerprint density at radius 1 is 1.47 bits per heavy atom. The van der Waals surface area contributed by atoms with E-state index in [1.807, 2.05) is 6.08 Å². The molecule has 102 valence electrons. The molecule has 2 saturated carbocycles. The first-order valence-corrected chi connectivity index (χ1v) is 7.26. The zero-order chi connectivity index (χ0) is 13.7. The van der Waals surface area contributed by atoms with Crippen molar-refractivity contribution in [2.45, 2.75) is 50.5 Å². The molecular weight excluding hydrogens is 239 g/mol. The summed E-state index contributed by atoms with van der Waals surface area (Å²) in [6, 6.07) is 0. The Hall–Kier alpha value is -0.865. The monoisotopic (exact) mass is 260 g/mol. The third kappa shape index (κ3) is 1.50. The fourth-order valence-corrected chi connectivity index (χ4v) is 4.75. The van der Waals surface area contributed by atoms with Gasteiger partial charge in [-0.25, -0.2) is 0 Å². The third-order valence-corrected chi connectivity index (χ3v) is 5.53. The van der Waals surface area contributed by atoms with Crippen LogP contribution in [0.25, 0.3) is 0 Å². The van der Waals surface area contributed by atoms with Crippen LogP contribution in [0.4, 0.5) is 0 Å². The van der Waals surface area contributed by atoms with E-state index in [9.17, 15) is 9.82 Å². The average molecular weight is 260 g/mol. The van der Waals surface area contributed by atoms with Crippen LogP contribution in [0.2, 0.25) is 0 Å². The minimum atomic E-state index is -0.904. The molecule has 1 aliphatic heterocycles. The molecule has 1 unspecified atom stereocenters. The molecule has 0 radical (unpaired) electrons. The lowest BCUT2D eigenvalue weighted by Gasteiger charge is -2.56. The predicted octanol–water partition coefficient (Wildman–Crippen LogP) is 2.45. The van der Waals surface area contributed by atoms with Crippen molar-refractivity contribution in [3.05, 3.63) is 24.7 Å². The zero-order valence-electron chi connectivity index (χ0n) is 11.4. The van der Waals surface area contributed by atoms with Gasteiger partial charge in [-0.2, -0.15) is 0 Å². The van der Waals surface area contributed by atoms with E-state index in [2.05, 4.69) is 13.2 Å². The molecule has 0 aromatic heterocycles. The number of hydrogen-bond donors (Lipinski definition) is 1. The molecule has 19 heavy (non-hydrogen) atoms. The molecule has 3 rings (SSSR count). The Kier molecular flexibility index (Phi) is 2.99. The van der Waals surface area contributed by atoms with Gasteiger partial charge in [-0.15, -0.1) is 13.2 Å². The van der Waals surface area contributed by atoms with Crippen molar-refractivity contribution in [3.8, 4) is 0 Å². The quantitative estimate of drug-likeness (QED) is 0.612. The lowest BCUT2D eigenvalue weighted by molar-refractivity contribution is -0.167. The van der Waals surface area contributed by atoms with Crippen molar-refractivity contribution >= 4 is 12.9 Å². The van der Waals surface area contributed by atoms with Crippen LogP contribution in [0.1, 0.15) is 44.9 Å². The smallest absolute Gasteiger partial charge is 0.423 e. The number of carbonyl (C=O) groups excluding carboxylic acids is 1. The lowest BCUT2D eigenvalue weighted by Crippen LogP contribution is -2.61. The minimum Gasteiger partial charge on any atom is -0.423 e. The Morgan fingerprint density at radius 3 is 3.00 bits per heavy atom. The molecule has 1 saturated heterocycles. The van der Waals surface area contributed by atoms with Crippen LogP contribution >= 0.6 is 0 Å². The van der Waals surface area contributed by atoms with Crippen molar-refractivity contribution in [2.24, 2.45) is 11.3 Å². The fourth-order valence-electron chi connectivity index (χ4n) is 4.75. The molecule has 3 nitrogen and oxygen atoms in total. The summed E-state index contributed by atoms with van der Waals surface area (Å²) in [5.74, 6) is 0.422. The highest BCUT2D eigenvalue weighted by Gasteiger charge is 2.67. The van der Waals surface area contributed by atoms with Crippen LogP contribution in [0.3, 0.4) is 0 Å². The number of carbonyl (C=O) groups is 1. The Balaban J connectivity index is 2.12. The predicted molar refractivity (Wildman–Crippen MR) is 74.4 cm³/mol. The van der Waals surface area contributed by atoms with Gasteiger partial charge in [0.1, 0.15) is 5.78 Å². The second-order valence-electron chi connectivity index (χ2n) is 6.23. The molecule has 4 heteroatoms. The summed E-state index contributed by atoms with van der Waals surface area (Å²) in [6.07, 6.45) is 7.67. The third-order valence-electron chi connectivity index (χ3n) is 5.53. The Labute approximate surface area is 114 Å². The van der Waals surface area contributed by atoms with E-state index < -0.39 is 18.1 Å². The first-order valence-electron chi connectivity index (χ1n) is 7.26. The second kappa shape index (κ2) is 4.32. The molecule has 1 spiro atoms. The number of ketones is 1. The number of rotatable bonds is 2. The Morgan fingerprint density at radius 2 is 2.26 bits per heavy atom. The van der Waals surface area contributed by atoms with E-state index in [-0.39, 0.29) is 5.92 Å². The van der Waals surface area contributed by atoms with Crippen molar-refractivity contribution in [3.63, 3.8) is 0 Å². The van der Waals surface area contributed by atoms with E-state index in [0.717, 1.165) is 37.6 Å². The van der Waals surface area contributed by atoms with Gasteiger partial charge in [0, 0.05) is 12.3 Å². The van der Waals surface area contributed by atoms with Gasteiger partial charge in [0.2, 0.25) is 0 Å². The normalized spacial score (nSPS) is 41.9. The standard InChI is InChI=1S/C15H21BO3/c1-3-8-14-9-4-6-12-11(2)16(18)19-15(12,14)10-5-7-13(14)17/h3,12,18H,1-2,4-10H2/t12?,14-,15+/m0/s1. The van der Waals surface area contributed by atoms with Gasteiger partial charge in [-0.05, 0) is 37.6 Å². The van der Waals surface area contributed by atoms with Gasteiger partial charge < -0.3 is 9.68 Å². The summed E-state index contributed by atoms with van der Waals surface area (Å²) in [6.45, 7) is 7.84. The van der Waals surface area contributed by atoms with Crippen molar-refractivity contribution < 1.29 is 14.5 Å². The first-order chi connectivity index (χ1) is 9.07. The number of allylic oxidation sites excluding steroid dienone is 1. The highest BCUT2D eigenvalue weighted by molar-refractivity contribution is 6.53. The largest absolute Gasteiger partial charge is 0.487 e. The minimum absolute atomic E-state index is 0.125. The molecule has 0 aromatic carbocycles. The molecule has 2 aliphatic carbocycles. The molecule has 3 atom stereocenters. The molecule has 3 aliphatic rings. The summed E-state index contributed by atoms with van der Waals surface area (Å²) < 4.78 is 5.98. The average Bonchev–Trinajstić information content (AvgIpc) is 2.63. The van der Waals surface area contributed by atoms with Crippen molar-refractivity contribution in [1.82, 2.24) is 0 Å². The van der Waals surface area contributed by atoms with E-state index in [4.69, 9.17) is 4.65 Å². The summed E-state index contributed by atoms with van der Waals surface area (Å²) >= 11 is 0. The van der Waals surface area contributed by atoms with E-state index in [1.165, 1.54) is 0 Å². The van der Waals surface area contributed by atoms with Crippen LogP contribution in [-0.4, -0.2) is 23.5 Å². The molecular formula is C15H21BO3. The van der Waals surface area contributed by atoms with E-state index in [1.54, 1.807) is 0 Å². The van der Waals surface area contributed by atoms with Gasteiger partial charge in [0.25, 0.3) is 0 Å². The molecule has 0 amide bonds. The first kappa shape index (κ1) is 13.1.